The van der Waals surface area contributed by atoms with Crippen LogP contribution in [0.5, 0.6) is 11.5 Å². The number of amidine groups is 1. The summed E-state index contributed by atoms with van der Waals surface area (Å²) in [5, 5.41) is 7.79. The fourth-order valence-electron chi connectivity index (χ4n) is 4.10. The van der Waals surface area contributed by atoms with Crippen molar-refractivity contribution >= 4 is 5.84 Å². The molecule has 0 radical (unpaired) electrons. The molecule has 0 saturated heterocycles. The lowest BCUT2D eigenvalue weighted by molar-refractivity contribution is 0.289. The number of rotatable bonds is 23. The Balaban J connectivity index is 2.22. The third-order valence-electron chi connectivity index (χ3n) is 6.22. The van der Waals surface area contributed by atoms with Crippen LogP contribution in [0.3, 0.4) is 0 Å². The fourth-order valence-corrected chi connectivity index (χ4v) is 4.10. The van der Waals surface area contributed by atoms with Crippen molar-refractivity contribution in [2.75, 3.05) is 13.2 Å². The molecule has 0 fully saturated rings. The fraction of sp³-hybridized carbons (Fsp3) is 0.759. The van der Waals surface area contributed by atoms with E-state index in [2.05, 4.69) is 13.8 Å². The minimum atomic E-state index is 0.0523. The Morgan fingerprint density at radius 3 is 1.24 bits per heavy atom. The van der Waals surface area contributed by atoms with Gasteiger partial charge in [0.2, 0.25) is 0 Å². The molecule has 4 heteroatoms. The van der Waals surface area contributed by atoms with Crippen molar-refractivity contribution in [2.24, 2.45) is 5.73 Å². The molecule has 0 amide bonds. The Hall–Kier alpha value is -1.71. The van der Waals surface area contributed by atoms with E-state index in [1.54, 1.807) is 0 Å². The van der Waals surface area contributed by atoms with Gasteiger partial charge in [-0.3, -0.25) is 5.41 Å². The van der Waals surface area contributed by atoms with Gasteiger partial charge in [-0.05, 0) is 25.0 Å². The average molecular weight is 461 g/mol. The Bertz CT molecular complexity index is 561. The van der Waals surface area contributed by atoms with Crippen LogP contribution >= 0.6 is 0 Å². The van der Waals surface area contributed by atoms with E-state index in [1.165, 1.54) is 103 Å². The molecular weight excluding hydrogens is 408 g/mol. The number of nitrogens with two attached hydrogens (primary N) is 1. The van der Waals surface area contributed by atoms with Gasteiger partial charge in [0.15, 0.2) is 0 Å². The predicted octanol–water partition coefficient (Wildman–Crippen LogP) is 8.79. The topological polar surface area (TPSA) is 68.3 Å². The number of nitrogen functional groups attached to an aromatic ring is 1. The van der Waals surface area contributed by atoms with Crippen LogP contribution in [0.25, 0.3) is 0 Å². The summed E-state index contributed by atoms with van der Waals surface area (Å²) >= 11 is 0. The largest absolute Gasteiger partial charge is 0.493 e. The Kier molecular flexibility index (Phi) is 18.5. The number of ether oxygens (including phenoxy) is 2. The summed E-state index contributed by atoms with van der Waals surface area (Å²) in [7, 11) is 0. The van der Waals surface area contributed by atoms with Crippen molar-refractivity contribution < 1.29 is 9.47 Å². The molecular formula is C29H52N2O2. The maximum absolute atomic E-state index is 7.79. The molecule has 0 heterocycles. The van der Waals surface area contributed by atoms with Crippen LogP contribution in [0.1, 0.15) is 135 Å². The molecule has 0 aromatic heterocycles. The van der Waals surface area contributed by atoms with Crippen LogP contribution in [0, 0.1) is 5.41 Å². The minimum Gasteiger partial charge on any atom is -0.493 e. The Labute approximate surface area is 204 Å². The number of unbranched alkanes of at least 4 members (excludes halogenated alkanes) is 16. The summed E-state index contributed by atoms with van der Waals surface area (Å²) in [6.45, 7) is 5.93. The highest BCUT2D eigenvalue weighted by Gasteiger charge is 2.06. The highest BCUT2D eigenvalue weighted by atomic mass is 16.5. The molecule has 4 nitrogen and oxygen atoms in total. The second-order valence-electron chi connectivity index (χ2n) is 9.46. The van der Waals surface area contributed by atoms with E-state index in [1.807, 2.05) is 18.2 Å². The molecule has 0 aliphatic carbocycles. The van der Waals surface area contributed by atoms with Crippen LogP contribution in [0.15, 0.2) is 18.2 Å². The molecule has 0 bridgehead atoms. The number of hydrogen-bond donors (Lipinski definition) is 2. The van der Waals surface area contributed by atoms with Gasteiger partial charge in [-0.1, -0.05) is 117 Å². The summed E-state index contributed by atoms with van der Waals surface area (Å²) in [5.41, 5.74) is 6.40. The Morgan fingerprint density at radius 1 is 0.576 bits per heavy atom. The molecule has 1 aromatic carbocycles. The SMILES string of the molecule is CCCCCCCCCCCOc1cc(OCCCCCCCCCCC)cc(C(=N)N)c1. The van der Waals surface area contributed by atoms with E-state index in [4.69, 9.17) is 20.6 Å². The van der Waals surface area contributed by atoms with Gasteiger partial charge in [0.05, 0.1) is 13.2 Å². The maximum Gasteiger partial charge on any atom is 0.123 e. The van der Waals surface area contributed by atoms with E-state index in [-0.39, 0.29) is 5.84 Å². The van der Waals surface area contributed by atoms with Gasteiger partial charge >= 0.3 is 0 Å². The first-order chi connectivity index (χ1) is 16.2. The second kappa shape index (κ2) is 20.9. The van der Waals surface area contributed by atoms with Crippen molar-refractivity contribution in [1.29, 1.82) is 5.41 Å². The second-order valence-corrected chi connectivity index (χ2v) is 9.46. The molecule has 0 aliphatic heterocycles. The van der Waals surface area contributed by atoms with Crippen LogP contribution in [0.2, 0.25) is 0 Å². The number of benzene rings is 1. The average Bonchev–Trinajstić information content (AvgIpc) is 2.81. The lowest BCUT2D eigenvalue weighted by Crippen LogP contribution is -2.12. The first-order valence-electron chi connectivity index (χ1n) is 13.9. The van der Waals surface area contributed by atoms with Crippen molar-refractivity contribution in [3.8, 4) is 11.5 Å². The van der Waals surface area contributed by atoms with E-state index in [0.29, 0.717) is 18.8 Å². The molecule has 33 heavy (non-hydrogen) atoms. The standard InChI is InChI=1S/C29H52N2O2/c1-3-5-7-9-11-13-15-17-19-21-32-27-23-26(29(30)31)24-28(25-27)33-22-20-18-16-14-12-10-8-6-4-2/h23-25H,3-22H2,1-2H3,(H3,30,31). The van der Waals surface area contributed by atoms with Gasteiger partial charge in [0.25, 0.3) is 0 Å². The minimum absolute atomic E-state index is 0.0523. The summed E-state index contributed by atoms with van der Waals surface area (Å²) in [4.78, 5) is 0. The third-order valence-corrected chi connectivity index (χ3v) is 6.22. The van der Waals surface area contributed by atoms with Crippen LogP contribution < -0.4 is 15.2 Å². The highest BCUT2D eigenvalue weighted by Crippen LogP contribution is 2.24. The summed E-state index contributed by atoms with van der Waals surface area (Å²) in [6.07, 6.45) is 23.4. The van der Waals surface area contributed by atoms with E-state index in [9.17, 15) is 0 Å². The van der Waals surface area contributed by atoms with Crippen molar-refractivity contribution in [3.05, 3.63) is 23.8 Å². The first-order valence-corrected chi connectivity index (χ1v) is 13.9. The van der Waals surface area contributed by atoms with Gasteiger partial charge < -0.3 is 15.2 Å². The van der Waals surface area contributed by atoms with Crippen molar-refractivity contribution in [3.63, 3.8) is 0 Å². The molecule has 1 rings (SSSR count). The maximum atomic E-state index is 7.79. The zero-order valence-electron chi connectivity index (χ0n) is 21.8. The molecule has 1 aromatic rings. The Morgan fingerprint density at radius 2 is 0.909 bits per heavy atom. The summed E-state index contributed by atoms with van der Waals surface area (Å²) in [6, 6.07) is 5.64. The number of nitrogens with one attached hydrogen (secondary N) is 1. The van der Waals surface area contributed by atoms with Crippen LogP contribution in [-0.4, -0.2) is 19.0 Å². The molecule has 0 saturated carbocycles. The number of hydrogen-bond acceptors (Lipinski definition) is 3. The van der Waals surface area contributed by atoms with Gasteiger partial charge in [-0.25, -0.2) is 0 Å². The van der Waals surface area contributed by atoms with Gasteiger partial charge in [0, 0.05) is 11.6 Å². The van der Waals surface area contributed by atoms with E-state index < -0.39 is 0 Å². The summed E-state index contributed by atoms with van der Waals surface area (Å²) in [5.74, 6) is 1.56. The monoisotopic (exact) mass is 460 g/mol. The van der Waals surface area contributed by atoms with Crippen LogP contribution in [0.4, 0.5) is 0 Å². The molecule has 0 aliphatic rings. The third kappa shape index (κ3) is 16.5. The quantitative estimate of drug-likeness (QED) is 0.0973. The lowest BCUT2D eigenvalue weighted by Gasteiger charge is -2.12. The summed E-state index contributed by atoms with van der Waals surface area (Å²) < 4.78 is 11.9. The van der Waals surface area contributed by atoms with E-state index >= 15 is 0 Å². The molecule has 190 valence electrons. The van der Waals surface area contributed by atoms with Gasteiger partial charge in [-0.15, -0.1) is 0 Å². The zero-order valence-corrected chi connectivity index (χ0v) is 21.8. The van der Waals surface area contributed by atoms with Gasteiger partial charge in [-0.2, -0.15) is 0 Å². The van der Waals surface area contributed by atoms with Crippen molar-refractivity contribution in [1.82, 2.24) is 0 Å². The molecule has 0 unspecified atom stereocenters. The molecule has 0 spiro atoms. The van der Waals surface area contributed by atoms with Gasteiger partial charge in [0.1, 0.15) is 17.3 Å². The predicted molar refractivity (Wildman–Crippen MR) is 143 cm³/mol. The highest BCUT2D eigenvalue weighted by molar-refractivity contribution is 5.95. The zero-order chi connectivity index (χ0) is 24.0. The molecule has 0 atom stereocenters. The van der Waals surface area contributed by atoms with E-state index in [0.717, 1.165) is 24.3 Å². The normalized spacial score (nSPS) is 11.0. The van der Waals surface area contributed by atoms with Crippen LogP contribution in [-0.2, 0) is 0 Å². The smallest absolute Gasteiger partial charge is 0.123 e. The first kappa shape index (κ1) is 29.3. The lowest BCUT2D eigenvalue weighted by atomic mass is 10.1. The van der Waals surface area contributed by atoms with Crippen molar-refractivity contribution in [2.45, 2.75) is 129 Å². The molecule has 3 N–H and O–H groups in total.